The fraction of sp³-hybridized carbons (Fsp3) is 0.321. The van der Waals surface area contributed by atoms with Crippen LogP contribution in [0.2, 0.25) is 0 Å². The number of carbonyl (C=O) groups is 2. The summed E-state index contributed by atoms with van der Waals surface area (Å²) in [7, 11) is 0. The minimum absolute atomic E-state index is 0.0992. The summed E-state index contributed by atoms with van der Waals surface area (Å²) >= 11 is 0. The van der Waals surface area contributed by atoms with E-state index >= 15 is 0 Å². The molecule has 1 atom stereocenters. The predicted molar refractivity (Wildman–Crippen MR) is 138 cm³/mol. The van der Waals surface area contributed by atoms with Crippen molar-refractivity contribution in [3.05, 3.63) is 83.6 Å². The average Bonchev–Trinajstić information content (AvgIpc) is 3.01. The number of rotatable bonds is 6. The summed E-state index contributed by atoms with van der Waals surface area (Å²) in [6.45, 7) is 8.16. The number of anilines is 3. The molecule has 3 heterocycles. The van der Waals surface area contributed by atoms with Crippen molar-refractivity contribution in [3.8, 4) is 0 Å². The molecule has 0 saturated carbocycles. The molecule has 3 aromatic rings. The summed E-state index contributed by atoms with van der Waals surface area (Å²) in [4.78, 5) is 37.7. The summed E-state index contributed by atoms with van der Waals surface area (Å²) in [5.74, 6) is 0.114. The molecule has 7 heteroatoms. The van der Waals surface area contributed by atoms with Crippen molar-refractivity contribution in [2.45, 2.75) is 32.9 Å². The van der Waals surface area contributed by atoms with E-state index < -0.39 is 0 Å². The molecule has 2 aliphatic heterocycles. The van der Waals surface area contributed by atoms with Gasteiger partial charge in [-0.25, -0.2) is 4.98 Å². The maximum Gasteiger partial charge on any atom is 0.257 e. The van der Waals surface area contributed by atoms with Gasteiger partial charge < -0.3 is 10.2 Å². The molecule has 35 heavy (non-hydrogen) atoms. The van der Waals surface area contributed by atoms with Crippen LogP contribution in [0.4, 0.5) is 17.2 Å². The van der Waals surface area contributed by atoms with E-state index in [1.54, 1.807) is 29.3 Å². The smallest absolute Gasteiger partial charge is 0.257 e. The third-order valence-corrected chi connectivity index (χ3v) is 7.05. The Morgan fingerprint density at radius 3 is 2.57 bits per heavy atom. The van der Waals surface area contributed by atoms with Crippen LogP contribution in [-0.2, 0) is 17.8 Å². The maximum absolute atomic E-state index is 14.0. The summed E-state index contributed by atoms with van der Waals surface area (Å²) in [6.07, 6.45) is 2.56. The number of nitrogens with zero attached hydrogens (tertiary/aromatic N) is 4. The number of benzene rings is 2. The fourth-order valence-electron chi connectivity index (χ4n) is 5.12. The van der Waals surface area contributed by atoms with Gasteiger partial charge in [-0.1, -0.05) is 50.2 Å². The molecule has 0 saturated heterocycles. The lowest BCUT2D eigenvalue weighted by Crippen LogP contribution is -2.51. The molecule has 0 aliphatic carbocycles. The van der Waals surface area contributed by atoms with Crippen molar-refractivity contribution < 1.29 is 9.59 Å². The van der Waals surface area contributed by atoms with Gasteiger partial charge >= 0.3 is 0 Å². The zero-order valence-electron chi connectivity index (χ0n) is 20.3. The van der Waals surface area contributed by atoms with E-state index in [1.165, 1.54) is 11.1 Å². The lowest BCUT2D eigenvalue weighted by atomic mass is 9.93. The third-order valence-electron chi connectivity index (χ3n) is 7.05. The van der Waals surface area contributed by atoms with Crippen LogP contribution in [0.15, 0.2) is 66.9 Å². The summed E-state index contributed by atoms with van der Waals surface area (Å²) in [5.41, 5.74) is 4.18. The first-order valence-electron chi connectivity index (χ1n) is 12.3. The van der Waals surface area contributed by atoms with E-state index in [9.17, 15) is 9.59 Å². The number of carbonyl (C=O) groups excluding carboxylic acids is 2. The second kappa shape index (κ2) is 9.98. The van der Waals surface area contributed by atoms with Crippen LogP contribution in [0.25, 0.3) is 0 Å². The highest BCUT2D eigenvalue weighted by Crippen LogP contribution is 2.36. The lowest BCUT2D eigenvalue weighted by Gasteiger charge is -2.39. The molecule has 1 aromatic heterocycles. The van der Waals surface area contributed by atoms with Crippen LogP contribution < -0.4 is 10.2 Å². The maximum atomic E-state index is 14.0. The minimum atomic E-state index is -0.239. The first kappa shape index (κ1) is 23.2. The first-order valence-corrected chi connectivity index (χ1v) is 12.3. The SMILES string of the molecule is CCN(CC)CC1Cc2ccccc2CN1CC(=O)N1c2ccccc2C(=O)Nc2cccnc21. The highest BCUT2D eigenvalue weighted by atomic mass is 16.2. The fourth-order valence-corrected chi connectivity index (χ4v) is 5.12. The predicted octanol–water partition coefficient (Wildman–Crippen LogP) is 4.08. The number of pyridine rings is 1. The number of amides is 2. The van der Waals surface area contributed by atoms with Gasteiger partial charge in [0.1, 0.15) is 0 Å². The monoisotopic (exact) mass is 469 g/mol. The molecule has 2 aromatic carbocycles. The molecule has 5 rings (SSSR count). The zero-order chi connectivity index (χ0) is 24.4. The second-order valence-electron chi connectivity index (χ2n) is 9.09. The van der Waals surface area contributed by atoms with Gasteiger partial charge in [0.15, 0.2) is 5.82 Å². The van der Waals surface area contributed by atoms with Gasteiger partial charge in [-0.3, -0.25) is 19.4 Å². The van der Waals surface area contributed by atoms with Crippen molar-refractivity contribution >= 4 is 29.0 Å². The molecule has 1 unspecified atom stereocenters. The van der Waals surface area contributed by atoms with Crippen LogP contribution in [0.3, 0.4) is 0 Å². The highest BCUT2D eigenvalue weighted by molar-refractivity contribution is 6.17. The lowest BCUT2D eigenvalue weighted by molar-refractivity contribution is -0.120. The van der Waals surface area contributed by atoms with Gasteiger partial charge in [0, 0.05) is 25.3 Å². The Morgan fingerprint density at radius 2 is 1.77 bits per heavy atom. The normalized spacial score (nSPS) is 17.3. The van der Waals surface area contributed by atoms with Crippen molar-refractivity contribution in [1.82, 2.24) is 14.8 Å². The summed E-state index contributed by atoms with van der Waals surface area (Å²) in [5, 5.41) is 2.91. The van der Waals surface area contributed by atoms with Crippen molar-refractivity contribution in [2.24, 2.45) is 0 Å². The van der Waals surface area contributed by atoms with Crippen LogP contribution >= 0.6 is 0 Å². The summed E-state index contributed by atoms with van der Waals surface area (Å²) in [6, 6.07) is 19.5. The van der Waals surface area contributed by atoms with E-state index in [4.69, 9.17) is 0 Å². The quantitative estimate of drug-likeness (QED) is 0.589. The summed E-state index contributed by atoms with van der Waals surface area (Å²) < 4.78 is 0. The second-order valence-corrected chi connectivity index (χ2v) is 9.09. The molecular formula is C28H31N5O2. The van der Waals surface area contributed by atoms with E-state index in [2.05, 4.69) is 58.2 Å². The molecule has 2 amide bonds. The topological polar surface area (TPSA) is 68.8 Å². The number of hydrogen-bond donors (Lipinski definition) is 1. The Labute approximate surface area is 206 Å². The number of aromatic nitrogens is 1. The number of likely N-dealkylation sites (N-methyl/N-ethyl adjacent to an activating group) is 1. The van der Waals surface area contributed by atoms with Gasteiger partial charge in [0.05, 0.1) is 23.5 Å². The molecule has 0 bridgehead atoms. The number of hydrogen-bond acceptors (Lipinski definition) is 5. The van der Waals surface area contributed by atoms with E-state index in [0.717, 1.165) is 32.6 Å². The molecular weight excluding hydrogens is 438 g/mol. The molecule has 0 radical (unpaired) electrons. The van der Waals surface area contributed by atoms with Gasteiger partial charge in [-0.2, -0.15) is 0 Å². The number of para-hydroxylation sites is 1. The van der Waals surface area contributed by atoms with Crippen molar-refractivity contribution in [1.29, 1.82) is 0 Å². The van der Waals surface area contributed by atoms with Gasteiger partial charge in [0.25, 0.3) is 5.91 Å². The van der Waals surface area contributed by atoms with Crippen LogP contribution in [0, 0.1) is 0 Å². The Morgan fingerprint density at radius 1 is 1.03 bits per heavy atom. The number of nitrogens with one attached hydrogen (secondary N) is 1. The standard InChI is InChI=1S/C28H31N5O2/c1-3-31(4-2)18-22-16-20-10-5-6-11-21(20)17-32(22)19-26(34)33-25-14-8-7-12-23(25)28(35)30-24-13-9-15-29-27(24)33/h5-15,22H,3-4,16-19H2,1-2H3,(H,30,35). The first-order chi connectivity index (χ1) is 17.1. The molecule has 2 aliphatic rings. The van der Waals surface area contributed by atoms with Gasteiger partial charge in [-0.15, -0.1) is 0 Å². The van der Waals surface area contributed by atoms with Gasteiger partial charge in [-0.05, 0) is 54.9 Å². The van der Waals surface area contributed by atoms with Crippen LogP contribution in [0.1, 0.15) is 35.3 Å². The zero-order valence-corrected chi connectivity index (χ0v) is 20.3. The van der Waals surface area contributed by atoms with Crippen molar-refractivity contribution in [2.75, 3.05) is 36.4 Å². The third kappa shape index (κ3) is 4.57. The van der Waals surface area contributed by atoms with Crippen LogP contribution in [-0.4, -0.2) is 58.8 Å². The molecule has 7 nitrogen and oxygen atoms in total. The Balaban J connectivity index is 1.50. The largest absolute Gasteiger partial charge is 0.319 e. The average molecular weight is 470 g/mol. The van der Waals surface area contributed by atoms with E-state index in [1.807, 2.05) is 18.2 Å². The van der Waals surface area contributed by atoms with Crippen molar-refractivity contribution in [3.63, 3.8) is 0 Å². The highest BCUT2D eigenvalue weighted by Gasteiger charge is 2.34. The van der Waals surface area contributed by atoms with Crippen LogP contribution in [0.5, 0.6) is 0 Å². The molecule has 1 N–H and O–H groups in total. The Hall–Kier alpha value is -3.55. The Bertz CT molecular complexity index is 1240. The van der Waals surface area contributed by atoms with Gasteiger partial charge in [0.2, 0.25) is 5.91 Å². The van der Waals surface area contributed by atoms with E-state index in [0.29, 0.717) is 22.8 Å². The Kier molecular flexibility index (Phi) is 6.61. The minimum Gasteiger partial charge on any atom is -0.319 e. The molecule has 180 valence electrons. The van der Waals surface area contributed by atoms with E-state index in [-0.39, 0.29) is 24.4 Å². The molecule has 0 spiro atoms. The number of fused-ring (bicyclic) bond motifs is 3. The molecule has 0 fully saturated rings.